The number of hydrogen-bond acceptors (Lipinski definition) is 3. The molecule has 0 amide bonds. The molecule has 0 N–H and O–H groups in total. The summed E-state index contributed by atoms with van der Waals surface area (Å²) < 4.78 is 11.6. The molecule has 0 aromatic carbocycles. The third kappa shape index (κ3) is 1.45. The Morgan fingerprint density at radius 3 is 2.69 bits per heavy atom. The quantitative estimate of drug-likeness (QED) is 0.584. The van der Waals surface area contributed by atoms with Crippen LogP contribution < -0.4 is 0 Å². The van der Waals surface area contributed by atoms with E-state index in [9.17, 15) is 14.1 Å². The van der Waals surface area contributed by atoms with Gasteiger partial charge in [0.25, 0.3) is 0 Å². The van der Waals surface area contributed by atoms with Gasteiger partial charge in [-0.05, 0) is 31.1 Å². The number of hydrogen-bond donors (Lipinski definition) is 0. The molecule has 72 valence electrons. The summed E-state index contributed by atoms with van der Waals surface area (Å²) in [4.78, 5) is 25.2. The van der Waals surface area contributed by atoms with E-state index in [1.165, 1.54) is 0 Å². The number of carbonyl (C=O) groups is 2. The topological polar surface area (TPSA) is 43.4 Å². The van der Waals surface area contributed by atoms with Crippen molar-refractivity contribution < 1.29 is 19.1 Å². The molecule has 2 aliphatic carbocycles. The molecule has 0 aromatic heterocycles. The summed E-state index contributed by atoms with van der Waals surface area (Å²) in [6.07, 6.45) is 3.89. The van der Waals surface area contributed by atoms with Crippen LogP contribution in [-0.2, 0) is 14.5 Å². The smallest absolute Gasteiger partial charge is 0.299 e. The van der Waals surface area contributed by atoms with Crippen LogP contribution in [0.25, 0.3) is 0 Å². The minimum Gasteiger partial charge on any atom is -0.299 e. The third-order valence-corrected chi connectivity index (χ3v) is 3.25. The van der Waals surface area contributed by atoms with E-state index >= 15 is 0 Å². The highest BCUT2D eigenvalue weighted by Crippen LogP contribution is 2.56. The molecule has 1 unspecified atom stereocenters. The largest absolute Gasteiger partial charge is 0.359 e. The van der Waals surface area contributed by atoms with Gasteiger partial charge in [-0.3, -0.25) is 9.74 Å². The van der Waals surface area contributed by atoms with Gasteiger partial charge < -0.3 is 0 Å². The Kier molecular flexibility index (Phi) is 1.86. The molecule has 0 saturated heterocycles. The Labute approximate surface area is 75.1 Å². The highest BCUT2D eigenvalue weighted by Gasteiger charge is 2.50. The van der Waals surface area contributed by atoms with Crippen molar-refractivity contribution in [2.75, 3.05) is 0 Å². The van der Waals surface area contributed by atoms with E-state index in [0.29, 0.717) is 12.8 Å². The molecule has 1 atom stereocenters. The Morgan fingerprint density at radius 2 is 2.15 bits per heavy atom. The molecule has 0 aliphatic heterocycles. The van der Waals surface area contributed by atoms with Gasteiger partial charge in [0, 0.05) is 10.9 Å². The Bertz CT molecular complexity index is 250. The van der Waals surface area contributed by atoms with Crippen LogP contribution >= 0.6 is 0 Å². The van der Waals surface area contributed by atoms with Crippen molar-refractivity contribution in [1.29, 1.82) is 0 Å². The van der Waals surface area contributed by atoms with Crippen LogP contribution in [0.15, 0.2) is 0 Å². The molecule has 3 nitrogen and oxygen atoms in total. The van der Waals surface area contributed by atoms with Crippen molar-refractivity contribution in [3.8, 4) is 0 Å². The Morgan fingerprint density at radius 1 is 1.46 bits per heavy atom. The normalized spacial score (nSPS) is 30.2. The monoisotopic (exact) mass is 186 g/mol. The van der Waals surface area contributed by atoms with E-state index in [-0.39, 0.29) is 11.2 Å². The van der Waals surface area contributed by atoms with Crippen LogP contribution in [0.4, 0.5) is 4.53 Å². The van der Waals surface area contributed by atoms with Crippen LogP contribution in [0.5, 0.6) is 0 Å². The van der Waals surface area contributed by atoms with Gasteiger partial charge >= 0.3 is 5.97 Å². The van der Waals surface area contributed by atoms with Gasteiger partial charge in [0.1, 0.15) is 11.7 Å². The van der Waals surface area contributed by atoms with Gasteiger partial charge in [0.05, 0.1) is 0 Å². The standard InChI is InChI=1S/C9H11FO3/c10-13-8(12)6-5-9(3-4-9)2-1-7(6)11/h6H,1-5H2. The van der Waals surface area contributed by atoms with Gasteiger partial charge in [-0.25, -0.2) is 4.79 Å². The molecule has 4 heteroatoms. The van der Waals surface area contributed by atoms with E-state index in [0.717, 1.165) is 19.3 Å². The first-order valence-electron chi connectivity index (χ1n) is 4.52. The van der Waals surface area contributed by atoms with E-state index in [2.05, 4.69) is 4.94 Å². The third-order valence-electron chi connectivity index (χ3n) is 3.25. The molecule has 2 rings (SSSR count). The second-order valence-electron chi connectivity index (χ2n) is 4.12. The molecule has 2 fully saturated rings. The second-order valence-corrected chi connectivity index (χ2v) is 4.12. The molecular formula is C9H11FO3. The average molecular weight is 186 g/mol. The molecule has 0 heterocycles. The molecule has 2 saturated carbocycles. The number of rotatable bonds is 1. The van der Waals surface area contributed by atoms with Crippen molar-refractivity contribution in [3.63, 3.8) is 0 Å². The zero-order valence-corrected chi connectivity index (χ0v) is 7.22. The lowest BCUT2D eigenvalue weighted by molar-refractivity contribution is -0.191. The molecule has 0 bridgehead atoms. The summed E-state index contributed by atoms with van der Waals surface area (Å²) in [6, 6.07) is 0. The summed E-state index contributed by atoms with van der Waals surface area (Å²) in [5, 5.41) is 0. The number of Topliss-reactive ketones (excluding diaryl/α,β-unsaturated/α-hetero) is 1. The van der Waals surface area contributed by atoms with Crippen LogP contribution in [0.1, 0.15) is 32.1 Å². The SMILES string of the molecule is O=C1CCC2(CC2)CC1C(=O)OF. The fourth-order valence-electron chi connectivity index (χ4n) is 2.11. The second kappa shape index (κ2) is 2.79. The molecule has 2 aliphatic rings. The van der Waals surface area contributed by atoms with Crippen molar-refractivity contribution in [3.05, 3.63) is 0 Å². The first kappa shape index (κ1) is 8.66. The van der Waals surface area contributed by atoms with Crippen LogP contribution in [0, 0.1) is 11.3 Å². The number of ketones is 1. The number of carbonyl (C=O) groups excluding carboxylic acids is 2. The van der Waals surface area contributed by atoms with Gasteiger partial charge in [0.2, 0.25) is 0 Å². The van der Waals surface area contributed by atoms with Gasteiger partial charge in [0.15, 0.2) is 0 Å². The summed E-state index contributed by atoms with van der Waals surface area (Å²) in [5.41, 5.74) is 0.173. The highest BCUT2D eigenvalue weighted by molar-refractivity contribution is 5.99. The molecule has 0 aromatic rings. The fraction of sp³-hybridized carbons (Fsp3) is 0.778. The van der Waals surface area contributed by atoms with Crippen molar-refractivity contribution in [2.24, 2.45) is 11.3 Å². The first-order valence-corrected chi connectivity index (χ1v) is 4.52. The van der Waals surface area contributed by atoms with E-state index < -0.39 is 11.9 Å². The average Bonchev–Trinajstić information content (AvgIpc) is 2.89. The number of halogens is 1. The molecular weight excluding hydrogens is 175 g/mol. The highest BCUT2D eigenvalue weighted by atomic mass is 19.3. The first-order chi connectivity index (χ1) is 6.17. The molecule has 0 radical (unpaired) electrons. The maximum absolute atomic E-state index is 11.6. The fourth-order valence-corrected chi connectivity index (χ4v) is 2.11. The molecule has 13 heavy (non-hydrogen) atoms. The zero-order chi connectivity index (χ0) is 9.47. The molecule has 1 spiro atoms. The maximum Gasteiger partial charge on any atom is 0.359 e. The summed E-state index contributed by atoms with van der Waals surface area (Å²) >= 11 is 0. The van der Waals surface area contributed by atoms with Gasteiger partial charge in [-0.1, -0.05) is 0 Å². The predicted molar refractivity (Wildman–Crippen MR) is 41.2 cm³/mol. The minimum atomic E-state index is -1.00. The van der Waals surface area contributed by atoms with Gasteiger partial charge in [-0.2, -0.15) is 0 Å². The lowest BCUT2D eigenvalue weighted by Gasteiger charge is -2.24. The minimum absolute atomic E-state index is 0.167. The van der Waals surface area contributed by atoms with Gasteiger partial charge in [-0.15, -0.1) is 0 Å². The predicted octanol–water partition coefficient (Wildman–Crippen LogP) is 1.56. The van der Waals surface area contributed by atoms with Crippen LogP contribution in [0.3, 0.4) is 0 Å². The van der Waals surface area contributed by atoms with Crippen LogP contribution in [-0.4, -0.2) is 11.8 Å². The van der Waals surface area contributed by atoms with Crippen molar-refractivity contribution in [2.45, 2.75) is 32.1 Å². The van der Waals surface area contributed by atoms with Crippen molar-refractivity contribution >= 4 is 11.8 Å². The summed E-state index contributed by atoms with van der Waals surface area (Å²) in [6.45, 7) is 0. The Balaban J connectivity index is 2.07. The summed E-state index contributed by atoms with van der Waals surface area (Å²) in [7, 11) is 0. The maximum atomic E-state index is 11.6. The zero-order valence-electron chi connectivity index (χ0n) is 7.22. The summed E-state index contributed by atoms with van der Waals surface area (Å²) in [5.74, 6) is -2.00. The lowest BCUT2D eigenvalue weighted by atomic mass is 9.78. The lowest BCUT2D eigenvalue weighted by Crippen LogP contribution is -2.32. The van der Waals surface area contributed by atoms with Crippen LogP contribution in [0.2, 0.25) is 0 Å². The van der Waals surface area contributed by atoms with E-state index in [4.69, 9.17) is 0 Å². The Hall–Kier alpha value is -0.930. The van der Waals surface area contributed by atoms with E-state index in [1.807, 2.05) is 0 Å². The van der Waals surface area contributed by atoms with E-state index in [1.54, 1.807) is 0 Å². The van der Waals surface area contributed by atoms with Crippen molar-refractivity contribution in [1.82, 2.24) is 0 Å².